The second kappa shape index (κ2) is 6.57. The van der Waals surface area contributed by atoms with Crippen LogP contribution in [0.2, 0.25) is 0 Å². The Balaban J connectivity index is 1.57. The fourth-order valence-corrected chi connectivity index (χ4v) is 2.61. The van der Waals surface area contributed by atoms with Crippen LogP contribution in [0.1, 0.15) is 38.0 Å². The molecule has 126 valence electrons. The summed E-state index contributed by atoms with van der Waals surface area (Å²) in [5.74, 6) is 2.27. The zero-order chi connectivity index (χ0) is 17.2. The second-order valence-electron chi connectivity index (χ2n) is 7.04. The molecule has 3 heterocycles. The van der Waals surface area contributed by atoms with Crippen molar-refractivity contribution in [3.8, 4) is 6.07 Å². The third-order valence-corrected chi connectivity index (χ3v) is 4.07. The first kappa shape index (κ1) is 16.4. The Morgan fingerprint density at radius 2 is 2.00 bits per heavy atom. The van der Waals surface area contributed by atoms with Crippen molar-refractivity contribution < 1.29 is 4.52 Å². The van der Waals surface area contributed by atoms with Gasteiger partial charge in [-0.1, -0.05) is 25.9 Å². The highest BCUT2D eigenvalue weighted by Crippen LogP contribution is 2.20. The Hall–Kier alpha value is -2.46. The molecule has 0 spiro atoms. The van der Waals surface area contributed by atoms with E-state index in [0.717, 1.165) is 37.8 Å². The van der Waals surface area contributed by atoms with Crippen LogP contribution < -0.4 is 4.90 Å². The molecular formula is C17H22N6O. The zero-order valence-electron chi connectivity index (χ0n) is 14.4. The topological polar surface area (TPSA) is 82.1 Å². The van der Waals surface area contributed by atoms with Crippen LogP contribution in [0, 0.1) is 11.3 Å². The quantitative estimate of drug-likeness (QED) is 0.852. The Kier molecular flexibility index (Phi) is 4.49. The van der Waals surface area contributed by atoms with Crippen LogP contribution in [0.3, 0.4) is 0 Å². The number of hydrogen-bond acceptors (Lipinski definition) is 7. The van der Waals surface area contributed by atoms with Gasteiger partial charge in [0.1, 0.15) is 5.82 Å². The fraction of sp³-hybridized carbons (Fsp3) is 0.529. The summed E-state index contributed by atoms with van der Waals surface area (Å²) in [7, 11) is 0. The molecule has 7 heteroatoms. The van der Waals surface area contributed by atoms with E-state index in [1.165, 1.54) is 0 Å². The van der Waals surface area contributed by atoms with Gasteiger partial charge in [-0.2, -0.15) is 10.2 Å². The summed E-state index contributed by atoms with van der Waals surface area (Å²) in [5, 5.41) is 13.1. The van der Waals surface area contributed by atoms with E-state index in [1.807, 2.05) is 6.07 Å². The molecule has 0 aliphatic carbocycles. The molecule has 0 saturated carbocycles. The van der Waals surface area contributed by atoms with Crippen molar-refractivity contribution in [1.29, 1.82) is 5.26 Å². The average Bonchev–Trinajstić information content (AvgIpc) is 3.04. The molecular weight excluding hydrogens is 304 g/mol. The highest BCUT2D eigenvalue weighted by Gasteiger charge is 2.23. The van der Waals surface area contributed by atoms with Crippen molar-refractivity contribution in [3.05, 3.63) is 35.6 Å². The number of rotatable bonds is 3. The van der Waals surface area contributed by atoms with Gasteiger partial charge in [0, 0.05) is 37.8 Å². The summed E-state index contributed by atoms with van der Waals surface area (Å²) in [6.45, 7) is 10.4. The molecule has 0 bridgehead atoms. The van der Waals surface area contributed by atoms with Crippen molar-refractivity contribution in [3.63, 3.8) is 0 Å². The Morgan fingerprint density at radius 1 is 1.25 bits per heavy atom. The minimum absolute atomic E-state index is 0.0993. The lowest BCUT2D eigenvalue weighted by atomic mass is 9.96. The first-order chi connectivity index (χ1) is 11.5. The van der Waals surface area contributed by atoms with Crippen molar-refractivity contribution in [1.82, 2.24) is 20.0 Å². The second-order valence-corrected chi connectivity index (χ2v) is 7.04. The molecule has 0 N–H and O–H groups in total. The van der Waals surface area contributed by atoms with Gasteiger partial charge in [-0.05, 0) is 12.1 Å². The minimum Gasteiger partial charge on any atom is -0.354 e. The van der Waals surface area contributed by atoms with Crippen molar-refractivity contribution >= 4 is 5.82 Å². The zero-order valence-corrected chi connectivity index (χ0v) is 14.4. The summed E-state index contributed by atoms with van der Waals surface area (Å²) < 4.78 is 5.37. The smallest absolute Gasteiger partial charge is 0.240 e. The predicted molar refractivity (Wildman–Crippen MR) is 89.4 cm³/mol. The van der Waals surface area contributed by atoms with Gasteiger partial charge in [0.05, 0.1) is 18.2 Å². The number of piperazine rings is 1. The van der Waals surface area contributed by atoms with Crippen molar-refractivity contribution in [2.75, 3.05) is 31.1 Å². The van der Waals surface area contributed by atoms with E-state index >= 15 is 0 Å². The lowest BCUT2D eigenvalue weighted by Crippen LogP contribution is -2.46. The minimum atomic E-state index is -0.0993. The van der Waals surface area contributed by atoms with Crippen molar-refractivity contribution in [2.45, 2.75) is 32.7 Å². The van der Waals surface area contributed by atoms with Gasteiger partial charge in [-0.3, -0.25) is 4.90 Å². The molecule has 1 aliphatic rings. The Labute approximate surface area is 141 Å². The van der Waals surface area contributed by atoms with Crippen LogP contribution in [0.4, 0.5) is 5.82 Å². The van der Waals surface area contributed by atoms with E-state index in [9.17, 15) is 0 Å². The van der Waals surface area contributed by atoms with Crippen LogP contribution in [-0.4, -0.2) is 46.2 Å². The van der Waals surface area contributed by atoms with Crippen LogP contribution in [0.5, 0.6) is 0 Å². The lowest BCUT2D eigenvalue weighted by Gasteiger charge is -2.34. The van der Waals surface area contributed by atoms with E-state index in [1.54, 1.807) is 12.3 Å². The van der Waals surface area contributed by atoms with Crippen molar-refractivity contribution in [2.24, 2.45) is 0 Å². The molecule has 2 aromatic rings. The Morgan fingerprint density at radius 3 is 2.62 bits per heavy atom. The number of hydrogen-bond donors (Lipinski definition) is 0. The van der Waals surface area contributed by atoms with Gasteiger partial charge < -0.3 is 9.42 Å². The molecule has 2 aromatic heterocycles. The normalized spacial score (nSPS) is 16.2. The maximum Gasteiger partial charge on any atom is 0.240 e. The number of nitriles is 1. The molecule has 24 heavy (non-hydrogen) atoms. The molecule has 0 unspecified atom stereocenters. The number of aromatic nitrogens is 3. The number of nitrogens with zero attached hydrogens (tertiary/aromatic N) is 6. The molecule has 0 amide bonds. The van der Waals surface area contributed by atoms with E-state index in [2.05, 4.69) is 51.8 Å². The first-order valence-corrected chi connectivity index (χ1v) is 8.12. The average molecular weight is 326 g/mol. The van der Waals surface area contributed by atoms with Gasteiger partial charge in [-0.15, -0.1) is 0 Å². The standard InChI is InChI=1S/C17H22N6O/c1-17(2,3)16-20-15(24-21-16)12-22-6-8-23(9-7-22)14-10-13(11-18)4-5-19-14/h4-5,10H,6-9,12H2,1-3H3. The van der Waals surface area contributed by atoms with Crippen LogP contribution in [-0.2, 0) is 12.0 Å². The van der Waals surface area contributed by atoms with Crippen LogP contribution in [0.25, 0.3) is 0 Å². The van der Waals surface area contributed by atoms with E-state index in [4.69, 9.17) is 9.78 Å². The third-order valence-electron chi connectivity index (χ3n) is 4.07. The third kappa shape index (κ3) is 3.71. The maximum atomic E-state index is 9.00. The Bertz CT molecular complexity index is 734. The first-order valence-electron chi connectivity index (χ1n) is 8.12. The maximum absolute atomic E-state index is 9.00. The molecule has 3 rings (SSSR count). The largest absolute Gasteiger partial charge is 0.354 e. The highest BCUT2D eigenvalue weighted by molar-refractivity contribution is 5.45. The lowest BCUT2D eigenvalue weighted by molar-refractivity contribution is 0.214. The van der Waals surface area contributed by atoms with E-state index < -0.39 is 0 Å². The summed E-state index contributed by atoms with van der Waals surface area (Å²) >= 11 is 0. The van der Waals surface area contributed by atoms with Gasteiger partial charge in [0.2, 0.25) is 5.89 Å². The fourth-order valence-electron chi connectivity index (χ4n) is 2.61. The van der Waals surface area contributed by atoms with Gasteiger partial charge in [0.25, 0.3) is 0 Å². The molecule has 0 radical (unpaired) electrons. The summed E-state index contributed by atoms with van der Waals surface area (Å²) in [4.78, 5) is 13.4. The summed E-state index contributed by atoms with van der Waals surface area (Å²) in [6, 6.07) is 5.72. The van der Waals surface area contributed by atoms with Gasteiger partial charge >= 0.3 is 0 Å². The number of pyridine rings is 1. The SMILES string of the molecule is CC(C)(C)c1noc(CN2CCN(c3cc(C#N)ccn3)CC2)n1. The number of anilines is 1. The molecule has 7 nitrogen and oxygen atoms in total. The molecule has 1 aliphatic heterocycles. The molecule has 1 saturated heterocycles. The van der Waals surface area contributed by atoms with Gasteiger partial charge in [0.15, 0.2) is 5.82 Å². The predicted octanol–water partition coefficient (Wildman–Crippen LogP) is 1.96. The highest BCUT2D eigenvalue weighted by atomic mass is 16.5. The van der Waals surface area contributed by atoms with Gasteiger partial charge in [-0.25, -0.2) is 4.98 Å². The van der Waals surface area contributed by atoms with E-state index in [0.29, 0.717) is 18.0 Å². The molecule has 0 atom stereocenters. The van der Waals surface area contributed by atoms with E-state index in [-0.39, 0.29) is 5.41 Å². The van der Waals surface area contributed by atoms with Crippen LogP contribution >= 0.6 is 0 Å². The molecule has 0 aromatic carbocycles. The molecule has 1 fully saturated rings. The van der Waals surface area contributed by atoms with Crippen LogP contribution in [0.15, 0.2) is 22.9 Å². The summed E-state index contributed by atoms with van der Waals surface area (Å²) in [6.07, 6.45) is 1.69. The monoisotopic (exact) mass is 326 g/mol. The summed E-state index contributed by atoms with van der Waals surface area (Å²) in [5.41, 5.74) is 0.542.